The smallest absolute Gasteiger partial charge is 0.260 e. The van der Waals surface area contributed by atoms with E-state index in [2.05, 4.69) is 0 Å². The van der Waals surface area contributed by atoms with E-state index < -0.39 is 0 Å². The molecule has 0 heterocycles. The van der Waals surface area contributed by atoms with Gasteiger partial charge in [-0.15, -0.1) is 0 Å². The van der Waals surface area contributed by atoms with Crippen LogP contribution in [-0.4, -0.2) is 24.0 Å². The Labute approximate surface area is 126 Å². The zero-order valence-corrected chi connectivity index (χ0v) is 12.6. The summed E-state index contributed by atoms with van der Waals surface area (Å²) in [6.07, 6.45) is 0. The minimum Gasteiger partial charge on any atom is -0.484 e. The van der Waals surface area contributed by atoms with E-state index in [1.54, 1.807) is 4.90 Å². The van der Waals surface area contributed by atoms with Gasteiger partial charge in [-0.25, -0.2) is 0 Å². The summed E-state index contributed by atoms with van der Waals surface area (Å²) in [7, 11) is 0. The maximum atomic E-state index is 12.2. The van der Waals surface area contributed by atoms with Gasteiger partial charge in [-0.3, -0.25) is 4.79 Å². The summed E-state index contributed by atoms with van der Waals surface area (Å²) in [6, 6.07) is 17.7. The second-order valence-electron chi connectivity index (χ2n) is 5.00. The van der Waals surface area contributed by atoms with Crippen molar-refractivity contribution in [2.75, 3.05) is 13.2 Å². The van der Waals surface area contributed by atoms with Crippen molar-refractivity contribution in [3.63, 3.8) is 0 Å². The summed E-state index contributed by atoms with van der Waals surface area (Å²) in [5, 5.41) is 0. The van der Waals surface area contributed by atoms with Crippen LogP contribution in [0.1, 0.15) is 18.1 Å². The van der Waals surface area contributed by atoms with E-state index in [0.29, 0.717) is 13.1 Å². The summed E-state index contributed by atoms with van der Waals surface area (Å²) in [5.41, 5.74) is 2.25. The molecule has 0 spiro atoms. The first-order valence-corrected chi connectivity index (χ1v) is 7.20. The lowest BCUT2D eigenvalue weighted by Crippen LogP contribution is -2.34. The zero-order valence-electron chi connectivity index (χ0n) is 12.6. The first-order valence-electron chi connectivity index (χ1n) is 7.20. The fourth-order valence-corrected chi connectivity index (χ4v) is 2.12. The van der Waals surface area contributed by atoms with E-state index in [4.69, 9.17) is 4.74 Å². The van der Waals surface area contributed by atoms with Gasteiger partial charge in [0.2, 0.25) is 0 Å². The van der Waals surface area contributed by atoms with Crippen molar-refractivity contribution in [3.8, 4) is 5.75 Å². The lowest BCUT2D eigenvalue weighted by Gasteiger charge is -2.21. The predicted octanol–water partition coefficient (Wildman–Crippen LogP) is 3.42. The highest BCUT2D eigenvalue weighted by Gasteiger charge is 2.12. The lowest BCUT2D eigenvalue weighted by atomic mass is 10.2. The van der Waals surface area contributed by atoms with Gasteiger partial charge < -0.3 is 9.64 Å². The van der Waals surface area contributed by atoms with Crippen LogP contribution in [0.15, 0.2) is 54.6 Å². The van der Waals surface area contributed by atoms with Gasteiger partial charge in [0.05, 0.1) is 0 Å². The topological polar surface area (TPSA) is 29.5 Å². The number of aryl methyl sites for hydroxylation is 1. The Morgan fingerprint density at radius 1 is 1.10 bits per heavy atom. The van der Waals surface area contributed by atoms with Crippen LogP contribution in [0.2, 0.25) is 0 Å². The summed E-state index contributed by atoms with van der Waals surface area (Å²) in [5.74, 6) is 0.738. The molecule has 2 aromatic carbocycles. The third kappa shape index (κ3) is 4.63. The lowest BCUT2D eigenvalue weighted by molar-refractivity contribution is -0.133. The Bertz CT molecular complexity index is 581. The summed E-state index contributed by atoms with van der Waals surface area (Å²) >= 11 is 0. The van der Waals surface area contributed by atoms with Crippen molar-refractivity contribution in [1.82, 2.24) is 4.90 Å². The van der Waals surface area contributed by atoms with Crippen molar-refractivity contribution < 1.29 is 9.53 Å². The van der Waals surface area contributed by atoms with Crippen LogP contribution >= 0.6 is 0 Å². The fraction of sp³-hybridized carbons (Fsp3) is 0.278. The molecule has 0 N–H and O–H groups in total. The first kappa shape index (κ1) is 15.1. The Morgan fingerprint density at radius 2 is 1.86 bits per heavy atom. The average Bonchev–Trinajstić information content (AvgIpc) is 2.51. The molecule has 3 heteroatoms. The molecule has 2 rings (SSSR count). The number of hydrogen-bond donors (Lipinski definition) is 0. The molecule has 0 saturated heterocycles. The standard InChI is InChI=1S/C18H21NO2/c1-3-19(13-16-9-5-4-6-10-16)18(20)14-21-17-11-7-8-15(2)12-17/h4-12H,3,13-14H2,1-2H3. The molecule has 0 aromatic heterocycles. The average molecular weight is 283 g/mol. The van der Waals surface area contributed by atoms with E-state index in [1.165, 1.54) is 0 Å². The number of carbonyl (C=O) groups is 1. The number of nitrogens with zero attached hydrogens (tertiary/aromatic N) is 1. The van der Waals surface area contributed by atoms with Crippen LogP contribution in [0.3, 0.4) is 0 Å². The fourth-order valence-electron chi connectivity index (χ4n) is 2.12. The summed E-state index contributed by atoms with van der Waals surface area (Å²) in [4.78, 5) is 14.0. The molecule has 0 unspecified atom stereocenters. The van der Waals surface area contributed by atoms with Crippen molar-refractivity contribution in [2.24, 2.45) is 0 Å². The van der Waals surface area contributed by atoms with Crippen LogP contribution in [-0.2, 0) is 11.3 Å². The summed E-state index contributed by atoms with van der Waals surface area (Å²) in [6.45, 7) is 5.35. The minimum atomic E-state index is 0.00265. The highest BCUT2D eigenvalue weighted by molar-refractivity contribution is 5.77. The maximum Gasteiger partial charge on any atom is 0.260 e. The molecular formula is C18H21NO2. The second-order valence-corrected chi connectivity index (χ2v) is 5.00. The second kappa shape index (κ2) is 7.48. The number of benzene rings is 2. The molecule has 110 valence electrons. The number of carbonyl (C=O) groups excluding carboxylic acids is 1. The van der Waals surface area contributed by atoms with Gasteiger partial charge in [-0.05, 0) is 37.1 Å². The van der Waals surface area contributed by atoms with Crippen molar-refractivity contribution >= 4 is 5.91 Å². The van der Waals surface area contributed by atoms with E-state index in [1.807, 2.05) is 68.4 Å². The molecular weight excluding hydrogens is 262 g/mol. The van der Waals surface area contributed by atoms with Gasteiger partial charge in [0.25, 0.3) is 5.91 Å². The normalized spacial score (nSPS) is 10.2. The van der Waals surface area contributed by atoms with E-state index >= 15 is 0 Å². The van der Waals surface area contributed by atoms with Crippen LogP contribution in [0.4, 0.5) is 0 Å². The van der Waals surface area contributed by atoms with Gasteiger partial charge in [-0.1, -0.05) is 42.5 Å². The minimum absolute atomic E-state index is 0.00265. The number of likely N-dealkylation sites (N-methyl/N-ethyl adjacent to an activating group) is 1. The van der Waals surface area contributed by atoms with E-state index in [0.717, 1.165) is 16.9 Å². The van der Waals surface area contributed by atoms with Crippen LogP contribution in [0, 0.1) is 6.92 Å². The van der Waals surface area contributed by atoms with Gasteiger partial charge in [-0.2, -0.15) is 0 Å². The molecule has 3 nitrogen and oxygen atoms in total. The SMILES string of the molecule is CCN(Cc1ccccc1)C(=O)COc1cccc(C)c1. The molecule has 0 saturated carbocycles. The number of hydrogen-bond acceptors (Lipinski definition) is 2. The third-order valence-electron chi connectivity index (χ3n) is 3.30. The molecule has 0 aliphatic heterocycles. The Balaban J connectivity index is 1.91. The summed E-state index contributed by atoms with van der Waals surface area (Å²) < 4.78 is 5.58. The van der Waals surface area contributed by atoms with Crippen molar-refractivity contribution in [1.29, 1.82) is 0 Å². The zero-order chi connectivity index (χ0) is 15.1. The van der Waals surface area contributed by atoms with Crippen LogP contribution < -0.4 is 4.74 Å². The maximum absolute atomic E-state index is 12.2. The molecule has 0 bridgehead atoms. The first-order chi connectivity index (χ1) is 10.2. The molecule has 0 atom stereocenters. The van der Waals surface area contributed by atoms with Crippen LogP contribution in [0.25, 0.3) is 0 Å². The molecule has 21 heavy (non-hydrogen) atoms. The van der Waals surface area contributed by atoms with Crippen LogP contribution in [0.5, 0.6) is 5.75 Å². The number of ether oxygens (including phenoxy) is 1. The highest BCUT2D eigenvalue weighted by Crippen LogP contribution is 2.12. The van der Waals surface area contributed by atoms with Gasteiger partial charge in [0, 0.05) is 13.1 Å². The Morgan fingerprint density at radius 3 is 2.52 bits per heavy atom. The Hall–Kier alpha value is -2.29. The molecule has 1 amide bonds. The largest absolute Gasteiger partial charge is 0.484 e. The van der Waals surface area contributed by atoms with Gasteiger partial charge in [0.15, 0.2) is 6.61 Å². The number of rotatable bonds is 6. The third-order valence-corrected chi connectivity index (χ3v) is 3.30. The molecule has 0 fully saturated rings. The van der Waals surface area contributed by atoms with Gasteiger partial charge in [0.1, 0.15) is 5.75 Å². The van der Waals surface area contributed by atoms with Crippen molar-refractivity contribution in [3.05, 3.63) is 65.7 Å². The quantitative estimate of drug-likeness (QED) is 0.813. The van der Waals surface area contributed by atoms with E-state index in [-0.39, 0.29) is 12.5 Å². The molecule has 2 aromatic rings. The van der Waals surface area contributed by atoms with Gasteiger partial charge >= 0.3 is 0 Å². The van der Waals surface area contributed by atoms with E-state index in [9.17, 15) is 4.79 Å². The Kier molecular flexibility index (Phi) is 5.38. The highest BCUT2D eigenvalue weighted by atomic mass is 16.5. The molecule has 0 radical (unpaired) electrons. The van der Waals surface area contributed by atoms with Crippen molar-refractivity contribution in [2.45, 2.75) is 20.4 Å². The molecule has 0 aliphatic carbocycles. The monoisotopic (exact) mass is 283 g/mol. The molecule has 0 aliphatic rings. The number of amides is 1. The predicted molar refractivity (Wildman–Crippen MR) is 84.2 cm³/mol.